The van der Waals surface area contributed by atoms with E-state index >= 15 is 0 Å². The summed E-state index contributed by atoms with van der Waals surface area (Å²) in [6.45, 7) is 18.3. The Hall–Kier alpha value is -6.16. The van der Waals surface area contributed by atoms with Gasteiger partial charge in [0.1, 0.15) is 0 Å². The van der Waals surface area contributed by atoms with Gasteiger partial charge in [-0.15, -0.1) is 0 Å². The van der Waals surface area contributed by atoms with Crippen LogP contribution in [0.15, 0.2) is 183 Å². The highest BCUT2D eigenvalue weighted by molar-refractivity contribution is 6.04. The molecule has 0 bridgehead atoms. The highest BCUT2D eigenvalue weighted by Gasteiger charge is 2.15. The van der Waals surface area contributed by atoms with E-state index in [1.54, 1.807) is 6.08 Å². The smallest absolute Gasteiger partial charge is 0.0500 e. The summed E-state index contributed by atoms with van der Waals surface area (Å²) in [6.07, 6.45) is 13.6. The van der Waals surface area contributed by atoms with Crippen LogP contribution in [0.2, 0.25) is 0 Å². The molecule has 0 radical (unpaired) electrons. The maximum atomic E-state index is 6.10. The lowest BCUT2D eigenvalue weighted by Crippen LogP contribution is -2.20. The number of nitrogens with two attached hydrogens (primary N) is 2. The molecule has 0 aromatic heterocycles. The number of fused-ring (bicyclic) bond motifs is 2. The second-order valence-electron chi connectivity index (χ2n) is 12.4. The Labute approximate surface area is 317 Å². The van der Waals surface area contributed by atoms with Crippen LogP contribution in [0.25, 0.3) is 38.9 Å². The average Bonchev–Trinajstić information content (AvgIpc) is 3.19. The third-order valence-electron chi connectivity index (χ3n) is 8.75. The number of nitrogens with one attached hydrogen (secondary N) is 1. The van der Waals surface area contributed by atoms with E-state index in [1.165, 1.54) is 32.7 Å². The van der Waals surface area contributed by atoms with Gasteiger partial charge in [-0.2, -0.15) is 0 Å². The number of aryl methyl sites for hydroxylation is 1. The Kier molecular flexibility index (Phi) is 15.0. The lowest BCUT2D eigenvalue weighted by molar-refractivity contribution is 0.975. The summed E-state index contributed by atoms with van der Waals surface area (Å²) in [5.41, 5.74) is 22.7. The molecule has 0 spiro atoms. The zero-order valence-electron chi connectivity index (χ0n) is 31.8. The van der Waals surface area contributed by atoms with Crippen molar-refractivity contribution < 1.29 is 0 Å². The van der Waals surface area contributed by atoms with E-state index < -0.39 is 0 Å². The highest BCUT2D eigenvalue weighted by atomic mass is 14.9. The second kappa shape index (κ2) is 20.0. The van der Waals surface area contributed by atoms with Gasteiger partial charge in [0.05, 0.1) is 6.04 Å². The first-order chi connectivity index (χ1) is 25.8. The molecule has 0 saturated heterocycles. The first-order valence-corrected chi connectivity index (χ1v) is 18.3. The van der Waals surface area contributed by atoms with Gasteiger partial charge >= 0.3 is 0 Å². The third-order valence-corrected chi connectivity index (χ3v) is 8.75. The number of rotatable bonds is 10. The fourth-order valence-electron chi connectivity index (χ4n) is 6.13. The molecule has 0 fully saturated rings. The Morgan fingerprint density at radius 2 is 1.42 bits per heavy atom. The predicted octanol–water partition coefficient (Wildman–Crippen LogP) is 13.2. The minimum Gasteiger partial charge on any atom is -0.398 e. The van der Waals surface area contributed by atoms with Crippen molar-refractivity contribution in [3.8, 4) is 0 Å². The molecule has 0 amide bonds. The van der Waals surface area contributed by atoms with Crippen molar-refractivity contribution in [2.75, 3.05) is 5.32 Å². The molecule has 0 heterocycles. The van der Waals surface area contributed by atoms with Crippen molar-refractivity contribution in [2.45, 2.75) is 40.7 Å². The topological polar surface area (TPSA) is 64.1 Å². The molecule has 0 aliphatic rings. The van der Waals surface area contributed by atoms with Crippen LogP contribution in [-0.4, -0.2) is 6.04 Å². The van der Waals surface area contributed by atoms with Crippen LogP contribution in [0.1, 0.15) is 55.5 Å². The van der Waals surface area contributed by atoms with Crippen molar-refractivity contribution >= 4 is 50.3 Å². The molecule has 3 nitrogen and oxygen atoms in total. The molecule has 6 aromatic rings. The molecular weight excluding hydrogens is 643 g/mol. The van der Waals surface area contributed by atoms with E-state index in [-0.39, 0.29) is 6.04 Å². The summed E-state index contributed by atoms with van der Waals surface area (Å²) >= 11 is 0. The Morgan fingerprint density at radius 1 is 0.755 bits per heavy atom. The molecule has 6 rings (SSSR count). The Bertz CT molecular complexity index is 2270. The maximum absolute atomic E-state index is 6.10. The number of benzene rings is 6. The van der Waals surface area contributed by atoms with Crippen molar-refractivity contribution in [3.63, 3.8) is 0 Å². The van der Waals surface area contributed by atoms with Crippen LogP contribution in [0, 0.1) is 6.92 Å². The Morgan fingerprint density at radius 3 is 2.15 bits per heavy atom. The van der Waals surface area contributed by atoms with E-state index in [9.17, 15) is 0 Å². The summed E-state index contributed by atoms with van der Waals surface area (Å²) < 4.78 is 0. The zero-order chi connectivity index (χ0) is 38.2. The lowest BCUT2D eigenvalue weighted by atomic mass is 9.90. The molecule has 0 aliphatic heterocycles. The zero-order valence-corrected chi connectivity index (χ0v) is 31.8. The van der Waals surface area contributed by atoms with Crippen molar-refractivity contribution in [2.24, 2.45) is 11.5 Å². The molecule has 0 aliphatic carbocycles. The van der Waals surface area contributed by atoms with Crippen LogP contribution in [0.3, 0.4) is 0 Å². The number of allylic oxidation sites excluding steroid dienone is 4. The van der Waals surface area contributed by atoms with E-state index in [0.29, 0.717) is 5.70 Å². The van der Waals surface area contributed by atoms with Gasteiger partial charge in [0.25, 0.3) is 0 Å². The molecule has 0 saturated carbocycles. The maximum Gasteiger partial charge on any atom is 0.0500 e. The molecule has 268 valence electrons. The third kappa shape index (κ3) is 10.4. The minimum absolute atomic E-state index is 0.216. The number of hydrogen-bond acceptors (Lipinski definition) is 3. The van der Waals surface area contributed by atoms with Crippen molar-refractivity contribution in [1.82, 2.24) is 0 Å². The Balaban J connectivity index is 0.000000267. The van der Waals surface area contributed by atoms with Gasteiger partial charge < -0.3 is 16.8 Å². The summed E-state index contributed by atoms with van der Waals surface area (Å²) in [6, 6.07) is 44.0. The number of hydrogen-bond donors (Lipinski definition) is 3. The van der Waals surface area contributed by atoms with Gasteiger partial charge in [-0.1, -0.05) is 178 Å². The van der Waals surface area contributed by atoms with Gasteiger partial charge in [0.2, 0.25) is 0 Å². The summed E-state index contributed by atoms with van der Waals surface area (Å²) in [5, 5.41) is 8.57. The lowest BCUT2D eigenvalue weighted by Gasteiger charge is -2.19. The largest absolute Gasteiger partial charge is 0.398 e. The van der Waals surface area contributed by atoms with E-state index in [0.717, 1.165) is 39.2 Å². The monoisotopic (exact) mass is 695 g/mol. The van der Waals surface area contributed by atoms with Crippen molar-refractivity contribution in [3.05, 3.63) is 210 Å². The fraction of sp³-hybridized carbons (Fsp3) is 0.120. The molecule has 3 heteroatoms. The van der Waals surface area contributed by atoms with Crippen LogP contribution >= 0.6 is 0 Å². The molecule has 5 N–H and O–H groups in total. The van der Waals surface area contributed by atoms with Gasteiger partial charge in [-0.05, 0) is 94.4 Å². The first kappa shape index (κ1) is 39.6. The van der Waals surface area contributed by atoms with Gasteiger partial charge in [-0.25, -0.2) is 0 Å². The van der Waals surface area contributed by atoms with Crippen LogP contribution < -0.4 is 16.8 Å². The van der Waals surface area contributed by atoms with E-state index in [2.05, 4.69) is 135 Å². The second-order valence-corrected chi connectivity index (χ2v) is 12.4. The quantitative estimate of drug-likeness (QED) is 0.125. The SMILES string of the molecule is C=C(c1ccccc1/C=C\C)c1c(Nc2ccc3cc(C)ccc3c2)ccc2ccccc12.C=C/C=C\C(=C/C)C(N)/C=C(\N)c1ccccc1.CC. The van der Waals surface area contributed by atoms with Gasteiger partial charge in [0.15, 0.2) is 0 Å². The standard InChI is InChI=1S/C32H27N.C16H20N2.C2H6/c1-4-9-24-10-5-7-12-29(24)23(3)32-30-13-8-6-11-25(30)17-19-31(32)33-28-18-16-26-20-22(2)14-15-27(26)21-28;1-3-5-9-13(4-2)15(17)12-16(18)14-10-7-6-8-11-14;1-2/h4-21,33H,3H2,1-2H3;3-12,15H,1,17-18H2,2H3;1-2H3/b9-4-;9-5-,13-4+,16-12-;. The van der Waals surface area contributed by atoms with Gasteiger partial charge in [-0.3, -0.25) is 0 Å². The fourth-order valence-corrected chi connectivity index (χ4v) is 6.13. The molecular formula is C50H53N3. The minimum atomic E-state index is -0.216. The summed E-state index contributed by atoms with van der Waals surface area (Å²) in [5.74, 6) is 0. The summed E-state index contributed by atoms with van der Waals surface area (Å²) in [4.78, 5) is 0. The molecule has 53 heavy (non-hydrogen) atoms. The normalized spacial score (nSPS) is 12.2. The van der Waals surface area contributed by atoms with Crippen LogP contribution in [0.5, 0.6) is 0 Å². The molecule has 1 unspecified atom stereocenters. The van der Waals surface area contributed by atoms with E-state index in [4.69, 9.17) is 11.5 Å². The van der Waals surface area contributed by atoms with Crippen molar-refractivity contribution in [1.29, 1.82) is 0 Å². The van der Waals surface area contributed by atoms with E-state index in [1.807, 2.05) is 82.3 Å². The molecule has 6 aromatic carbocycles. The number of anilines is 2. The summed E-state index contributed by atoms with van der Waals surface area (Å²) in [7, 11) is 0. The van der Waals surface area contributed by atoms with Crippen LogP contribution in [-0.2, 0) is 0 Å². The first-order valence-electron chi connectivity index (χ1n) is 18.3. The molecule has 1 atom stereocenters. The highest BCUT2D eigenvalue weighted by Crippen LogP contribution is 2.38. The van der Waals surface area contributed by atoms with Gasteiger partial charge in [0, 0.05) is 22.6 Å². The average molecular weight is 696 g/mol. The predicted molar refractivity (Wildman–Crippen MR) is 236 cm³/mol. The van der Waals surface area contributed by atoms with Crippen LogP contribution in [0.4, 0.5) is 11.4 Å².